The maximum absolute atomic E-state index is 5.51. The van der Waals surface area contributed by atoms with E-state index in [0.29, 0.717) is 12.4 Å². The van der Waals surface area contributed by atoms with Crippen molar-refractivity contribution in [3.63, 3.8) is 0 Å². The van der Waals surface area contributed by atoms with Crippen LogP contribution in [0.25, 0.3) is 0 Å². The van der Waals surface area contributed by atoms with Crippen LogP contribution in [0.4, 0.5) is 5.69 Å². The standard InChI is InChI=1S/C12H12Br2N2O/c1-7-8(2)17-12(16-7)6-15-11-5-9(13)3-4-10(11)14/h3-5,15H,6H2,1-2H3. The van der Waals surface area contributed by atoms with Crippen LogP contribution in [0.5, 0.6) is 0 Å². The first kappa shape index (κ1) is 12.6. The first-order valence-electron chi connectivity index (χ1n) is 5.18. The normalized spacial score (nSPS) is 10.6. The molecule has 1 aromatic heterocycles. The molecule has 0 spiro atoms. The summed E-state index contributed by atoms with van der Waals surface area (Å²) in [7, 11) is 0. The fourth-order valence-corrected chi connectivity index (χ4v) is 2.17. The zero-order valence-corrected chi connectivity index (χ0v) is 12.7. The number of anilines is 1. The lowest BCUT2D eigenvalue weighted by molar-refractivity contribution is 0.478. The largest absolute Gasteiger partial charge is 0.444 e. The maximum Gasteiger partial charge on any atom is 0.213 e. The van der Waals surface area contributed by atoms with E-state index in [9.17, 15) is 0 Å². The Balaban J connectivity index is 2.09. The molecule has 0 saturated carbocycles. The van der Waals surface area contributed by atoms with Crippen LogP contribution in [0.1, 0.15) is 17.3 Å². The van der Waals surface area contributed by atoms with Gasteiger partial charge in [0.15, 0.2) is 0 Å². The molecule has 0 radical (unpaired) electrons. The van der Waals surface area contributed by atoms with Crippen molar-refractivity contribution in [1.29, 1.82) is 0 Å². The van der Waals surface area contributed by atoms with Crippen molar-refractivity contribution < 1.29 is 4.42 Å². The van der Waals surface area contributed by atoms with Gasteiger partial charge in [0.1, 0.15) is 5.76 Å². The highest BCUT2D eigenvalue weighted by Crippen LogP contribution is 2.26. The molecule has 5 heteroatoms. The van der Waals surface area contributed by atoms with Gasteiger partial charge in [0.25, 0.3) is 0 Å². The van der Waals surface area contributed by atoms with Crippen molar-refractivity contribution in [2.75, 3.05) is 5.32 Å². The smallest absolute Gasteiger partial charge is 0.213 e. The molecule has 2 rings (SSSR count). The summed E-state index contributed by atoms with van der Waals surface area (Å²) in [5.41, 5.74) is 1.95. The number of benzene rings is 1. The monoisotopic (exact) mass is 358 g/mol. The molecule has 1 heterocycles. The fourth-order valence-electron chi connectivity index (χ4n) is 1.42. The molecule has 0 fully saturated rings. The second-order valence-electron chi connectivity index (χ2n) is 3.73. The fraction of sp³-hybridized carbons (Fsp3) is 0.250. The number of aromatic nitrogens is 1. The minimum Gasteiger partial charge on any atom is -0.444 e. The summed E-state index contributed by atoms with van der Waals surface area (Å²) in [5.74, 6) is 1.57. The Labute approximate surface area is 117 Å². The Hall–Kier alpha value is -0.810. The minimum absolute atomic E-state index is 0.573. The molecule has 0 atom stereocenters. The second kappa shape index (κ2) is 5.23. The van der Waals surface area contributed by atoms with E-state index in [1.165, 1.54) is 0 Å². The highest BCUT2D eigenvalue weighted by atomic mass is 79.9. The van der Waals surface area contributed by atoms with Crippen molar-refractivity contribution in [2.24, 2.45) is 0 Å². The molecule has 0 unspecified atom stereocenters. The molecule has 0 saturated heterocycles. The van der Waals surface area contributed by atoms with Crippen LogP contribution in [0.3, 0.4) is 0 Å². The van der Waals surface area contributed by atoms with E-state index >= 15 is 0 Å². The van der Waals surface area contributed by atoms with E-state index in [0.717, 1.165) is 26.1 Å². The zero-order valence-electron chi connectivity index (χ0n) is 9.55. The van der Waals surface area contributed by atoms with Gasteiger partial charge in [-0.3, -0.25) is 0 Å². The average Bonchev–Trinajstić information content (AvgIpc) is 2.60. The van der Waals surface area contributed by atoms with Crippen LogP contribution >= 0.6 is 31.9 Å². The minimum atomic E-state index is 0.573. The molecule has 1 aromatic carbocycles. The van der Waals surface area contributed by atoms with Crippen LogP contribution in [0.15, 0.2) is 31.6 Å². The summed E-state index contributed by atoms with van der Waals surface area (Å²) in [6.45, 7) is 4.43. The van der Waals surface area contributed by atoms with Crippen LogP contribution in [0.2, 0.25) is 0 Å². The maximum atomic E-state index is 5.51. The van der Waals surface area contributed by atoms with E-state index < -0.39 is 0 Å². The lowest BCUT2D eigenvalue weighted by Crippen LogP contribution is -2.00. The van der Waals surface area contributed by atoms with Gasteiger partial charge < -0.3 is 9.73 Å². The van der Waals surface area contributed by atoms with E-state index in [1.54, 1.807) is 0 Å². The van der Waals surface area contributed by atoms with Crippen LogP contribution in [0, 0.1) is 13.8 Å². The Kier molecular flexibility index (Phi) is 3.89. The van der Waals surface area contributed by atoms with Gasteiger partial charge in [-0.25, -0.2) is 4.98 Å². The Morgan fingerprint density at radius 1 is 1.29 bits per heavy atom. The number of aryl methyl sites for hydroxylation is 2. The topological polar surface area (TPSA) is 38.1 Å². The van der Waals surface area contributed by atoms with Crippen molar-refractivity contribution in [3.8, 4) is 0 Å². The molecule has 0 aliphatic carbocycles. The number of nitrogens with one attached hydrogen (secondary N) is 1. The van der Waals surface area contributed by atoms with E-state index in [4.69, 9.17) is 4.42 Å². The van der Waals surface area contributed by atoms with E-state index in [2.05, 4.69) is 42.2 Å². The molecule has 0 aliphatic rings. The third kappa shape index (κ3) is 3.10. The quantitative estimate of drug-likeness (QED) is 0.880. The molecular weight excluding hydrogens is 348 g/mol. The lowest BCUT2D eigenvalue weighted by Gasteiger charge is -2.06. The van der Waals surface area contributed by atoms with Crippen molar-refractivity contribution in [1.82, 2.24) is 4.98 Å². The van der Waals surface area contributed by atoms with Gasteiger partial charge in [-0.1, -0.05) is 15.9 Å². The summed E-state index contributed by atoms with van der Waals surface area (Å²) < 4.78 is 7.55. The molecule has 1 N–H and O–H groups in total. The van der Waals surface area contributed by atoms with E-state index in [-0.39, 0.29) is 0 Å². The predicted octanol–water partition coefficient (Wildman–Crippen LogP) is 4.43. The third-order valence-electron chi connectivity index (χ3n) is 2.43. The highest BCUT2D eigenvalue weighted by molar-refractivity contribution is 9.11. The van der Waals surface area contributed by atoms with E-state index in [1.807, 2.05) is 32.0 Å². The molecular formula is C12H12Br2N2O. The van der Waals surface area contributed by atoms with Gasteiger partial charge in [0, 0.05) is 14.6 Å². The first-order valence-corrected chi connectivity index (χ1v) is 6.76. The van der Waals surface area contributed by atoms with Crippen molar-refractivity contribution in [2.45, 2.75) is 20.4 Å². The van der Waals surface area contributed by atoms with Gasteiger partial charge in [-0.2, -0.15) is 0 Å². The number of oxazole rings is 1. The summed E-state index contributed by atoms with van der Waals surface area (Å²) in [4.78, 5) is 4.32. The average molecular weight is 360 g/mol. The number of hydrogen-bond acceptors (Lipinski definition) is 3. The number of halogens is 2. The summed E-state index contributed by atoms with van der Waals surface area (Å²) >= 11 is 6.93. The summed E-state index contributed by atoms with van der Waals surface area (Å²) in [6.07, 6.45) is 0. The SMILES string of the molecule is Cc1nc(CNc2cc(Br)ccc2Br)oc1C. The highest BCUT2D eigenvalue weighted by Gasteiger charge is 2.06. The lowest BCUT2D eigenvalue weighted by atomic mass is 10.3. The third-order valence-corrected chi connectivity index (χ3v) is 3.62. The second-order valence-corrected chi connectivity index (χ2v) is 5.50. The van der Waals surface area contributed by atoms with Gasteiger partial charge in [0.05, 0.1) is 12.2 Å². The Morgan fingerprint density at radius 2 is 2.06 bits per heavy atom. The summed E-state index contributed by atoms with van der Waals surface area (Å²) in [6, 6.07) is 5.97. The molecule has 17 heavy (non-hydrogen) atoms. The molecule has 90 valence electrons. The van der Waals surface area contributed by atoms with Gasteiger partial charge >= 0.3 is 0 Å². The van der Waals surface area contributed by atoms with Gasteiger partial charge in [-0.05, 0) is 48.0 Å². The summed E-state index contributed by atoms with van der Waals surface area (Å²) in [5, 5.41) is 3.28. The number of nitrogens with zero attached hydrogens (tertiary/aromatic N) is 1. The Bertz CT molecular complexity index is 518. The van der Waals surface area contributed by atoms with Gasteiger partial charge in [-0.15, -0.1) is 0 Å². The number of hydrogen-bond donors (Lipinski definition) is 1. The van der Waals surface area contributed by atoms with Crippen LogP contribution < -0.4 is 5.32 Å². The van der Waals surface area contributed by atoms with Crippen molar-refractivity contribution in [3.05, 3.63) is 44.5 Å². The van der Waals surface area contributed by atoms with Crippen LogP contribution in [-0.4, -0.2) is 4.98 Å². The van der Waals surface area contributed by atoms with Crippen LogP contribution in [-0.2, 0) is 6.54 Å². The predicted molar refractivity (Wildman–Crippen MR) is 75.1 cm³/mol. The first-order chi connectivity index (χ1) is 8.06. The Morgan fingerprint density at radius 3 is 2.71 bits per heavy atom. The molecule has 0 bridgehead atoms. The molecule has 3 nitrogen and oxygen atoms in total. The molecule has 0 amide bonds. The number of rotatable bonds is 3. The van der Waals surface area contributed by atoms with Crippen molar-refractivity contribution >= 4 is 37.5 Å². The molecule has 2 aromatic rings. The zero-order chi connectivity index (χ0) is 12.4. The molecule has 0 aliphatic heterocycles. The van der Waals surface area contributed by atoms with Gasteiger partial charge in [0.2, 0.25) is 5.89 Å².